The number of nitrogens with zero attached hydrogens (tertiary/aromatic N) is 2. The van der Waals surface area contributed by atoms with Gasteiger partial charge in [0.15, 0.2) is 0 Å². The van der Waals surface area contributed by atoms with Gasteiger partial charge in [0, 0.05) is 11.8 Å². The van der Waals surface area contributed by atoms with Gasteiger partial charge in [-0.1, -0.05) is 31.5 Å². The van der Waals surface area contributed by atoms with Crippen LogP contribution in [0.25, 0.3) is 16.9 Å². The number of unbranched alkanes of at least 4 members (excludes halogenated alkanes) is 1. The van der Waals surface area contributed by atoms with E-state index >= 15 is 0 Å². The molecule has 1 aromatic carbocycles. The number of imidazole rings is 1. The number of benzene rings is 1. The average molecular weight is 293 g/mol. The summed E-state index contributed by atoms with van der Waals surface area (Å²) >= 11 is 0. The third kappa shape index (κ3) is 2.71. The summed E-state index contributed by atoms with van der Waals surface area (Å²) in [6, 6.07) is 10.2. The first-order valence-electron chi connectivity index (χ1n) is 7.77. The van der Waals surface area contributed by atoms with Crippen LogP contribution in [0.2, 0.25) is 0 Å². The maximum atomic E-state index is 5.45. The van der Waals surface area contributed by atoms with Crippen LogP contribution in [-0.4, -0.2) is 16.5 Å². The summed E-state index contributed by atoms with van der Waals surface area (Å²) in [5.74, 6) is 0.828. The van der Waals surface area contributed by atoms with Crippen molar-refractivity contribution in [3.05, 3.63) is 53.9 Å². The fourth-order valence-electron chi connectivity index (χ4n) is 2.76. The second-order valence-electron chi connectivity index (χ2n) is 5.61. The van der Waals surface area contributed by atoms with Crippen molar-refractivity contribution >= 4 is 5.65 Å². The summed E-state index contributed by atoms with van der Waals surface area (Å²) in [5, 5.41) is 0. The van der Waals surface area contributed by atoms with Crippen LogP contribution in [0.3, 0.4) is 0 Å². The van der Waals surface area contributed by atoms with Gasteiger partial charge in [-0.25, -0.2) is 4.98 Å². The van der Waals surface area contributed by atoms with Crippen LogP contribution in [0.4, 0.5) is 0 Å². The lowest BCUT2D eigenvalue weighted by molar-refractivity contribution is 0.416. The van der Waals surface area contributed by atoms with E-state index in [-0.39, 0.29) is 0 Å². The summed E-state index contributed by atoms with van der Waals surface area (Å²) in [4.78, 5) is 4.81. The Hall–Kier alpha value is -2.29. The predicted octanol–water partition coefficient (Wildman–Crippen LogP) is 4.46. The number of ether oxygens (including phenoxy) is 1. The van der Waals surface area contributed by atoms with Crippen molar-refractivity contribution in [1.82, 2.24) is 9.38 Å². The zero-order chi connectivity index (χ0) is 15.5. The molecule has 1 radical (unpaired) electrons. The van der Waals surface area contributed by atoms with E-state index < -0.39 is 0 Å². The topological polar surface area (TPSA) is 26.5 Å². The Labute approximate surface area is 131 Å². The van der Waals surface area contributed by atoms with Gasteiger partial charge >= 0.3 is 0 Å². The normalized spacial score (nSPS) is 11.0. The van der Waals surface area contributed by atoms with E-state index in [4.69, 9.17) is 9.72 Å². The fourth-order valence-corrected chi connectivity index (χ4v) is 2.76. The van der Waals surface area contributed by atoms with Crippen molar-refractivity contribution in [2.45, 2.75) is 33.1 Å². The standard InChI is InChI=1S/C19H21N2O/c1-4-5-8-15-11-14(2)12-21-13-17(20-19(15)21)16-9-6-7-10-18(16)22-3/h6-7,9-12H,4-5,8H2,1-3H3. The molecule has 3 heteroatoms. The molecule has 0 aliphatic heterocycles. The second kappa shape index (κ2) is 6.22. The molecule has 0 saturated carbocycles. The van der Waals surface area contributed by atoms with Crippen LogP contribution in [0.15, 0.2) is 36.5 Å². The highest BCUT2D eigenvalue weighted by Gasteiger charge is 2.12. The van der Waals surface area contributed by atoms with Crippen LogP contribution in [0.5, 0.6) is 5.75 Å². The van der Waals surface area contributed by atoms with Gasteiger partial charge in [0.05, 0.1) is 7.11 Å². The SMILES string of the molecule is CCCCc1cc(C)cn2[c]c(-c3ccccc3OC)nc12. The molecule has 0 spiro atoms. The molecule has 3 rings (SSSR count). The minimum absolute atomic E-state index is 0.828. The van der Waals surface area contributed by atoms with Gasteiger partial charge in [-0.05, 0) is 43.0 Å². The molecule has 0 bridgehead atoms. The lowest BCUT2D eigenvalue weighted by atomic mass is 10.1. The van der Waals surface area contributed by atoms with E-state index in [0.29, 0.717) is 0 Å². The van der Waals surface area contributed by atoms with Crippen LogP contribution < -0.4 is 4.74 Å². The quantitative estimate of drug-likeness (QED) is 0.694. The van der Waals surface area contributed by atoms with Crippen LogP contribution >= 0.6 is 0 Å². The molecule has 3 aromatic rings. The predicted molar refractivity (Wildman–Crippen MR) is 89.4 cm³/mol. The second-order valence-corrected chi connectivity index (χ2v) is 5.61. The van der Waals surface area contributed by atoms with E-state index in [0.717, 1.165) is 29.1 Å². The number of pyridine rings is 1. The Morgan fingerprint density at radius 1 is 1.27 bits per heavy atom. The van der Waals surface area contributed by atoms with E-state index in [1.54, 1.807) is 7.11 Å². The summed E-state index contributed by atoms with van der Waals surface area (Å²) in [6.07, 6.45) is 8.86. The first kappa shape index (κ1) is 14.6. The Bertz CT molecular complexity index is 789. The third-order valence-electron chi connectivity index (χ3n) is 3.86. The van der Waals surface area contributed by atoms with E-state index in [2.05, 4.69) is 32.3 Å². The minimum atomic E-state index is 0.828. The zero-order valence-electron chi connectivity index (χ0n) is 13.4. The molecule has 3 nitrogen and oxygen atoms in total. The minimum Gasteiger partial charge on any atom is -0.496 e. The number of aryl methyl sites for hydroxylation is 2. The van der Waals surface area contributed by atoms with Gasteiger partial charge in [0.1, 0.15) is 23.3 Å². The summed E-state index contributed by atoms with van der Waals surface area (Å²) < 4.78 is 7.46. The molecular formula is C19H21N2O. The molecule has 113 valence electrons. The molecule has 0 saturated heterocycles. The summed E-state index contributed by atoms with van der Waals surface area (Å²) in [7, 11) is 1.69. The lowest BCUT2D eigenvalue weighted by Crippen LogP contribution is -1.94. The van der Waals surface area contributed by atoms with Crippen molar-refractivity contribution in [3.63, 3.8) is 0 Å². The molecule has 0 fully saturated rings. The van der Waals surface area contributed by atoms with E-state index in [1.807, 2.05) is 28.7 Å². The van der Waals surface area contributed by atoms with Crippen molar-refractivity contribution in [3.8, 4) is 17.0 Å². The molecule has 22 heavy (non-hydrogen) atoms. The first-order valence-corrected chi connectivity index (χ1v) is 7.77. The monoisotopic (exact) mass is 293 g/mol. The number of hydrogen-bond donors (Lipinski definition) is 0. The molecule has 0 unspecified atom stereocenters. The van der Waals surface area contributed by atoms with E-state index in [1.165, 1.54) is 24.0 Å². The Morgan fingerprint density at radius 3 is 2.86 bits per heavy atom. The van der Waals surface area contributed by atoms with Gasteiger partial charge in [0.25, 0.3) is 0 Å². The summed E-state index contributed by atoms with van der Waals surface area (Å²) in [6.45, 7) is 4.33. The van der Waals surface area contributed by atoms with Crippen LogP contribution in [0.1, 0.15) is 30.9 Å². The van der Waals surface area contributed by atoms with Gasteiger partial charge in [-0.3, -0.25) is 4.40 Å². The molecule has 0 atom stereocenters. The molecule has 0 aliphatic rings. The molecule has 0 aliphatic carbocycles. The molecule has 0 amide bonds. The van der Waals surface area contributed by atoms with Crippen molar-refractivity contribution < 1.29 is 4.74 Å². The number of fused-ring (bicyclic) bond motifs is 1. The van der Waals surface area contributed by atoms with Crippen molar-refractivity contribution in [2.75, 3.05) is 7.11 Å². The van der Waals surface area contributed by atoms with Crippen LogP contribution in [0, 0.1) is 13.1 Å². The highest BCUT2D eigenvalue weighted by atomic mass is 16.5. The van der Waals surface area contributed by atoms with Crippen molar-refractivity contribution in [1.29, 1.82) is 0 Å². The highest BCUT2D eigenvalue weighted by Crippen LogP contribution is 2.29. The molecular weight excluding hydrogens is 272 g/mol. The number of hydrogen-bond acceptors (Lipinski definition) is 2. The van der Waals surface area contributed by atoms with Crippen molar-refractivity contribution in [2.24, 2.45) is 0 Å². The third-order valence-corrected chi connectivity index (χ3v) is 3.86. The highest BCUT2D eigenvalue weighted by molar-refractivity contribution is 5.69. The largest absolute Gasteiger partial charge is 0.496 e. The lowest BCUT2D eigenvalue weighted by Gasteiger charge is -2.04. The Morgan fingerprint density at radius 2 is 2.09 bits per heavy atom. The Kier molecular flexibility index (Phi) is 4.14. The van der Waals surface area contributed by atoms with E-state index in [9.17, 15) is 0 Å². The molecule has 2 aromatic heterocycles. The Balaban J connectivity index is 2.13. The molecule has 0 N–H and O–H groups in total. The van der Waals surface area contributed by atoms with Gasteiger partial charge in [-0.2, -0.15) is 0 Å². The fraction of sp³-hybridized carbons (Fsp3) is 0.316. The smallest absolute Gasteiger partial charge is 0.141 e. The maximum absolute atomic E-state index is 5.45. The van der Waals surface area contributed by atoms with Crippen LogP contribution in [-0.2, 0) is 6.42 Å². The number of methoxy groups -OCH3 is 1. The average Bonchev–Trinajstić information content (AvgIpc) is 2.96. The van der Waals surface area contributed by atoms with Gasteiger partial charge in [0.2, 0.25) is 0 Å². The number of aromatic nitrogens is 2. The molecule has 2 heterocycles. The number of rotatable bonds is 5. The first-order chi connectivity index (χ1) is 10.7. The van der Waals surface area contributed by atoms with Gasteiger partial charge in [-0.15, -0.1) is 0 Å². The maximum Gasteiger partial charge on any atom is 0.141 e. The summed E-state index contributed by atoms with van der Waals surface area (Å²) in [5.41, 5.74) is 5.34. The number of para-hydroxylation sites is 1. The van der Waals surface area contributed by atoms with Gasteiger partial charge < -0.3 is 4.74 Å². The zero-order valence-corrected chi connectivity index (χ0v) is 13.4.